The van der Waals surface area contributed by atoms with Crippen LogP contribution in [-0.2, 0) is 10.0 Å². The highest BCUT2D eigenvalue weighted by molar-refractivity contribution is 7.89. The Hall–Kier alpha value is -1.47. The SMILES string of the molecule is CCC(C)(CC)NS(=O)(=O)c1cc(C)c(F)c(C(=O)O)c1. The Morgan fingerprint density at radius 2 is 1.86 bits per heavy atom. The van der Waals surface area contributed by atoms with E-state index in [1.54, 1.807) is 6.92 Å². The molecule has 0 saturated heterocycles. The second-order valence-corrected chi connectivity index (χ2v) is 6.96. The van der Waals surface area contributed by atoms with Crippen molar-refractivity contribution in [1.29, 1.82) is 0 Å². The van der Waals surface area contributed by atoms with Gasteiger partial charge in [-0.2, -0.15) is 0 Å². The molecule has 7 heteroatoms. The first-order valence-electron chi connectivity index (χ1n) is 6.63. The van der Waals surface area contributed by atoms with E-state index in [0.29, 0.717) is 12.8 Å². The molecule has 0 aliphatic heterocycles. The van der Waals surface area contributed by atoms with Crippen molar-refractivity contribution < 1.29 is 22.7 Å². The maximum atomic E-state index is 13.7. The Labute approximate surface area is 124 Å². The standard InChI is InChI=1S/C14H20FNO4S/c1-5-14(4,6-2)16-21(19,20)10-7-9(3)12(15)11(8-10)13(17)18/h7-8,16H,5-6H2,1-4H3,(H,17,18). The molecule has 0 atom stereocenters. The van der Waals surface area contributed by atoms with Gasteiger partial charge in [0.15, 0.2) is 0 Å². The van der Waals surface area contributed by atoms with Crippen molar-refractivity contribution in [3.05, 3.63) is 29.1 Å². The molecule has 0 saturated carbocycles. The summed E-state index contributed by atoms with van der Waals surface area (Å²) < 4.78 is 41.0. The van der Waals surface area contributed by atoms with Crippen molar-refractivity contribution in [2.45, 2.75) is 51.0 Å². The summed E-state index contributed by atoms with van der Waals surface area (Å²) in [5, 5.41) is 8.95. The van der Waals surface area contributed by atoms with Crippen LogP contribution in [0.4, 0.5) is 4.39 Å². The van der Waals surface area contributed by atoms with Gasteiger partial charge in [0.2, 0.25) is 10.0 Å². The largest absolute Gasteiger partial charge is 0.478 e. The highest BCUT2D eigenvalue weighted by atomic mass is 32.2. The summed E-state index contributed by atoms with van der Waals surface area (Å²) in [6.07, 6.45) is 1.16. The van der Waals surface area contributed by atoms with Gasteiger partial charge in [-0.05, 0) is 44.4 Å². The van der Waals surface area contributed by atoms with E-state index in [1.165, 1.54) is 6.92 Å². The lowest BCUT2D eigenvalue weighted by atomic mass is 9.98. The number of hydrogen-bond donors (Lipinski definition) is 2. The van der Waals surface area contributed by atoms with E-state index in [4.69, 9.17) is 5.11 Å². The van der Waals surface area contributed by atoms with Crippen molar-refractivity contribution >= 4 is 16.0 Å². The zero-order valence-electron chi connectivity index (χ0n) is 12.5. The quantitative estimate of drug-likeness (QED) is 0.845. The van der Waals surface area contributed by atoms with Crippen LogP contribution in [0.1, 0.15) is 49.5 Å². The van der Waals surface area contributed by atoms with Gasteiger partial charge in [0.25, 0.3) is 0 Å². The fourth-order valence-corrected chi connectivity index (χ4v) is 3.49. The molecule has 2 N–H and O–H groups in total. The lowest BCUT2D eigenvalue weighted by Crippen LogP contribution is -2.44. The smallest absolute Gasteiger partial charge is 0.338 e. The third-order valence-electron chi connectivity index (χ3n) is 3.71. The van der Waals surface area contributed by atoms with E-state index in [0.717, 1.165) is 12.1 Å². The molecule has 1 aromatic rings. The Kier molecular flexibility index (Phi) is 5.11. The van der Waals surface area contributed by atoms with Crippen LogP contribution in [0.2, 0.25) is 0 Å². The Morgan fingerprint density at radius 3 is 2.29 bits per heavy atom. The van der Waals surface area contributed by atoms with Crippen molar-refractivity contribution in [3.8, 4) is 0 Å². The van der Waals surface area contributed by atoms with Crippen LogP contribution >= 0.6 is 0 Å². The topological polar surface area (TPSA) is 83.5 Å². The van der Waals surface area contributed by atoms with Gasteiger partial charge in [0, 0.05) is 5.54 Å². The molecule has 0 aromatic heterocycles. The van der Waals surface area contributed by atoms with Crippen molar-refractivity contribution in [2.24, 2.45) is 0 Å². The minimum absolute atomic E-state index is 0.0232. The zero-order valence-corrected chi connectivity index (χ0v) is 13.3. The first-order chi connectivity index (χ1) is 9.56. The number of carbonyl (C=O) groups is 1. The fraction of sp³-hybridized carbons (Fsp3) is 0.500. The number of benzene rings is 1. The summed E-state index contributed by atoms with van der Waals surface area (Å²) >= 11 is 0. The number of rotatable bonds is 6. The van der Waals surface area contributed by atoms with E-state index in [2.05, 4.69) is 4.72 Å². The number of hydrogen-bond acceptors (Lipinski definition) is 3. The third-order valence-corrected chi connectivity index (χ3v) is 5.33. The molecule has 0 radical (unpaired) electrons. The van der Waals surface area contributed by atoms with Gasteiger partial charge in [-0.1, -0.05) is 13.8 Å². The number of aryl methyl sites for hydroxylation is 1. The second-order valence-electron chi connectivity index (χ2n) is 5.28. The lowest BCUT2D eigenvalue weighted by molar-refractivity contribution is 0.0691. The van der Waals surface area contributed by atoms with Crippen LogP contribution in [-0.4, -0.2) is 25.0 Å². The number of carboxylic acids is 1. The number of halogens is 1. The zero-order chi connectivity index (χ0) is 16.4. The predicted octanol–water partition coefficient (Wildman–Crippen LogP) is 2.69. The maximum Gasteiger partial charge on any atom is 0.338 e. The van der Waals surface area contributed by atoms with Crippen molar-refractivity contribution in [1.82, 2.24) is 4.72 Å². The van der Waals surface area contributed by atoms with Crippen molar-refractivity contribution in [2.75, 3.05) is 0 Å². The first kappa shape index (κ1) is 17.6. The number of aromatic carboxylic acids is 1. The Morgan fingerprint density at radius 1 is 1.33 bits per heavy atom. The molecule has 0 amide bonds. The maximum absolute atomic E-state index is 13.7. The molecule has 0 aliphatic rings. The highest BCUT2D eigenvalue weighted by Gasteiger charge is 2.29. The molecular formula is C14H20FNO4S. The minimum atomic E-state index is -3.92. The molecule has 21 heavy (non-hydrogen) atoms. The molecule has 0 aliphatic carbocycles. The number of sulfonamides is 1. The van der Waals surface area contributed by atoms with Crippen LogP contribution in [0.3, 0.4) is 0 Å². The molecule has 0 heterocycles. The summed E-state index contributed by atoms with van der Waals surface area (Å²) in [6.45, 7) is 6.80. The van der Waals surface area contributed by atoms with Gasteiger partial charge in [-0.25, -0.2) is 22.3 Å². The molecule has 118 valence electrons. The summed E-state index contributed by atoms with van der Waals surface area (Å²) in [7, 11) is -3.92. The van der Waals surface area contributed by atoms with E-state index in [-0.39, 0.29) is 10.5 Å². The average molecular weight is 317 g/mol. The summed E-state index contributed by atoms with van der Waals surface area (Å²) in [6, 6.07) is 1.98. The van der Waals surface area contributed by atoms with Gasteiger partial charge < -0.3 is 5.11 Å². The average Bonchev–Trinajstić information content (AvgIpc) is 2.40. The normalized spacial score (nSPS) is 12.4. The molecule has 0 bridgehead atoms. The minimum Gasteiger partial charge on any atom is -0.478 e. The van der Waals surface area contributed by atoms with Gasteiger partial charge >= 0.3 is 5.97 Å². The van der Waals surface area contributed by atoms with Crippen LogP contribution in [0, 0.1) is 12.7 Å². The van der Waals surface area contributed by atoms with E-state index >= 15 is 0 Å². The predicted molar refractivity (Wildman–Crippen MR) is 77.4 cm³/mol. The molecule has 0 unspecified atom stereocenters. The Balaban J connectivity index is 3.36. The van der Waals surface area contributed by atoms with Crippen LogP contribution < -0.4 is 4.72 Å². The van der Waals surface area contributed by atoms with Gasteiger partial charge in [0.05, 0.1) is 10.5 Å². The summed E-state index contributed by atoms with van der Waals surface area (Å²) in [5.41, 5.74) is -1.31. The van der Waals surface area contributed by atoms with Crippen LogP contribution in [0.5, 0.6) is 0 Å². The lowest BCUT2D eigenvalue weighted by Gasteiger charge is -2.28. The van der Waals surface area contributed by atoms with Gasteiger partial charge in [-0.15, -0.1) is 0 Å². The van der Waals surface area contributed by atoms with Gasteiger partial charge in [0.1, 0.15) is 5.82 Å². The van der Waals surface area contributed by atoms with Crippen molar-refractivity contribution in [3.63, 3.8) is 0 Å². The Bertz CT molecular complexity index is 651. The molecule has 1 aromatic carbocycles. The third kappa shape index (κ3) is 3.79. The summed E-state index contributed by atoms with van der Waals surface area (Å²) in [5.74, 6) is -2.42. The second kappa shape index (κ2) is 6.11. The molecule has 0 fully saturated rings. The molecule has 1 rings (SSSR count). The van der Waals surface area contributed by atoms with Crippen LogP contribution in [0.15, 0.2) is 17.0 Å². The van der Waals surface area contributed by atoms with E-state index in [1.807, 2.05) is 13.8 Å². The van der Waals surface area contributed by atoms with Crippen LogP contribution in [0.25, 0.3) is 0 Å². The molecule has 5 nitrogen and oxygen atoms in total. The monoisotopic (exact) mass is 317 g/mol. The molecular weight excluding hydrogens is 297 g/mol. The van der Waals surface area contributed by atoms with Gasteiger partial charge in [-0.3, -0.25) is 0 Å². The van der Waals surface area contributed by atoms with E-state index < -0.39 is 32.9 Å². The summed E-state index contributed by atoms with van der Waals surface area (Å²) in [4.78, 5) is 10.8. The van der Waals surface area contributed by atoms with E-state index in [9.17, 15) is 17.6 Å². The number of carboxylic acid groups (broad SMARTS) is 1. The highest BCUT2D eigenvalue weighted by Crippen LogP contribution is 2.23. The molecule has 0 spiro atoms. The first-order valence-corrected chi connectivity index (χ1v) is 8.12. The number of nitrogens with one attached hydrogen (secondary N) is 1. The fourth-order valence-electron chi connectivity index (χ4n) is 1.82.